The van der Waals surface area contributed by atoms with Crippen molar-refractivity contribution < 1.29 is 22.5 Å². The number of esters is 1. The quantitative estimate of drug-likeness (QED) is 0.445. The lowest BCUT2D eigenvalue weighted by atomic mass is 10.4. The minimum atomic E-state index is -3.66. The van der Waals surface area contributed by atoms with Crippen LogP contribution in [0, 0.1) is 0 Å². The third-order valence-corrected chi connectivity index (χ3v) is 2.20. The SMILES string of the molecule is C=CC(=O)OC(C)CN(C)C.CCS(=O)(=O)O. The zero-order valence-electron chi connectivity index (χ0n) is 10.7. The van der Waals surface area contributed by atoms with Crippen LogP contribution < -0.4 is 0 Å². The predicted octanol–water partition coefficient (Wildman–Crippen LogP) is 0.560. The molecule has 0 radical (unpaired) electrons. The molecule has 0 aliphatic carbocycles. The summed E-state index contributed by atoms with van der Waals surface area (Å²) < 4.78 is 31.8. The molecule has 7 heteroatoms. The van der Waals surface area contributed by atoms with Gasteiger partial charge in [-0.25, -0.2) is 4.79 Å². The van der Waals surface area contributed by atoms with E-state index in [4.69, 9.17) is 9.29 Å². The van der Waals surface area contributed by atoms with Crippen LogP contribution >= 0.6 is 0 Å². The summed E-state index contributed by atoms with van der Waals surface area (Å²) >= 11 is 0. The average Bonchev–Trinajstić information content (AvgIpc) is 2.16. The van der Waals surface area contributed by atoms with Gasteiger partial charge in [0.25, 0.3) is 10.1 Å². The molecule has 102 valence electrons. The van der Waals surface area contributed by atoms with Crippen LogP contribution in [0.4, 0.5) is 0 Å². The van der Waals surface area contributed by atoms with Crippen LogP contribution in [0.15, 0.2) is 12.7 Å². The van der Waals surface area contributed by atoms with Crippen molar-refractivity contribution in [3.05, 3.63) is 12.7 Å². The molecule has 0 aliphatic heterocycles. The summed E-state index contributed by atoms with van der Waals surface area (Å²) in [6.45, 7) is 7.26. The number of hydrogen-bond donors (Lipinski definition) is 1. The first-order valence-electron chi connectivity index (χ1n) is 5.05. The van der Waals surface area contributed by atoms with Crippen LogP contribution in [0.3, 0.4) is 0 Å². The van der Waals surface area contributed by atoms with E-state index in [0.717, 1.165) is 6.54 Å². The molecule has 0 bridgehead atoms. The Labute approximate surface area is 103 Å². The van der Waals surface area contributed by atoms with Gasteiger partial charge in [0, 0.05) is 12.6 Å². The monoisotopic (exact) mass is 267 g/mol. The van der Waals surface area contributed by atoms with Crippen molar-refractivity contribution in [2.24, 2.45) is 0 Å². The fourth-order valence-electron chi connectivity index (χ4n) is 0.798. The van der Waals surface area contributed by atoms with Crippen LogP contribution in [0.5, 0.6) is 0 Å². The first-order valence-corrected chi connectivity index (χ1v) is 6.66. The number of hydrogen-bond acceptors (Lipinski definition) is 5. The van der Waals surface area contributed by atoms with Crippen molar-refractivity contribution in [2.45, 2.75) is 20.0 Å². The molecule has 6 nitrogen and oxygen atoms in total. The van der Waals surface area contributed by atoms with Crippen LogP contribution in [0.25, 0.3) is 0 Å². The average molecular weight is 267 g/mol. The largest absolute Gasteiger partial charge is 0.458 e. The van der Waals surface area contributed by atoms with Crippen molar-refractivity contribution in [3.8, 4) is 0 Å². The molecular formula is C10H21NO5S. The Morgan fingerprint density at radius 3 is 2.18 bits per heavy atom. The molecule has 1 N–H and O–H groups in total. The fourth-order valence-corrected chi connectivity index (χ4v) is 0.798. The van der Waals surface area contributed by atoms with Gasteiger partial charge in [-0.1, -0.05) is 6.58 Å². The maximum absolute atomic E-state index is 10.6. The van der Waals surface area contributed by atoms with Gasteiger partial charge < -0.3 is 9.64 Å². The summed E-state index contributed by atoms with van der Waals surface area (Å²) in [6.07, 6.45) is 1.10. The Balaban J connectivity index is 0. The van der Waals surface area contributed by atoms with Crippen LogP contribution in [-0.2, 0) is 19.6 Å². The number of ether oxygens (including phenoxy) is 1. The van der Waals surface area contributed by atoms with Gasteiger partial charge in [0.15, 0.2) is 0 Å². The lowest BCUT2D eigenvalue weighted by Crippen LogP contribution is -2.27. The van der Waals surface area contributed by atoms with Crippen molar-refractivity contribution >= 4 is 16.1 Å². The third kappa shape index (κ3) is 17.7. The number of likely N-dealkylation sites (N-methyl/N-ethyl adjacent to an activating group) is 1. The first-order chi connectivity index (χ1) is 7.62. The summed E-state index contributed by atoms with van der Waals surface area (Å²) in [5.41, 5.74) is 0. The van der Waals surface area contributed by atoms with Crippen LogP contribution in [0.2, 0.25) is 0 Å². The second kappa shape index (κ2) is 9.15. The van der Waals surface area contributed by atoms with Crippen molar-refractivity contribution in [1.82, 2.24) is 4.90 Å². The number of nitrogens with zero attached hydrogens (tertiary/aromatic N) is 1. The van der Waals surface area contributed by atoms with E-state index in [1.165, 1.54) is 13.0 Å². The van der Waals surface area contributed by atoms with E-state index in [0.29, 0.717) is 0 Å². The van der Waals surface area contributed by atoms with Gasteiger partial charge in [-0.3, -0.25) is 4.55 Å². The minimum Gasteiger partial charge on any atom is -0.458 e. The smallest absolute Gasteiger partial charge is 0.330 e. The van der Waals surface area contributed by atoms with E-state index in [9.17, 15) is 13.2 Å². The molecule has 1 atom stereocenters. The highest BCUT2D eigenvalue weighted by atomic mass is 32.2. The zero-order chi connectivity index (χ0) is 14.1. The Hall–Kier alpha value is -0.920. The normalized spacial score (nSPS) is 12.4. The molecule has 17 heavy (non-hydrogen) atoms. The molecule has 1 unspecified atom stereocenters. The molecule has 0 amide bonds. The maximum Gasteiger partial charge on any atom is 0.330 e. The maximum atomic E-state index is 10.6. The number of carbonyl (C=O) groups is 1. The van der Waals surface area contributed by atoms with E-state index in [1.54, 1.807) is 0 Å². The van der Waals surface area contributed by atoms with E-state index in [1.807, 2.05) is 25.9 Å². The highest BCUT2D eigenvalue weighted by Crippen LogP contribution is 1.93. The van der Waals surface area contributed by atoms with Gasteiger partial charge >= 0.3 is 5.97 Å². The molecule has 0 aromatic heterocycles. The minimum absolute atomic E-state index is 0.0736. The molecule has 0 aliphatic rings. The van der Waals surface area contributed by atoms with Gasteiger partial charge in [-0.2, -0.15) is 8.42 Å². The van der Waals surface area contributed by atoms with E-state index >= 15 is 0 Å². The molecule has 0 saturated heterocycles. The van der Waals surface area contributed by atoms with E-state index < -0.39 is 10.1 Å². The lowest BCUT2D eigenvalue weighted by Gasteiger charge is -2.16. The molecular weight excluding hydrogens is 246 g/mol. The third-order valence-electron chi connectivity index (χ3n) is 1.47. The highest BCUT2D eigenvalue weighted by Gasteiger charge is 2.06. The molecule has 0 spiro atoms. The summed E-state index contributed by atoms with van der Waals surface area (Å²) in [5.74, 6) is -0.563. The molecule has 0 aromatic carbocycles. The van der Waals surface area contributed by atoms with Crippen LogP contribution in [-0.4, -0.2) is 56.3 Å². The van der Waals surface area contributed by atoms with Gasteiger partial charge in [0.1, 0.15) is 6.10 Å². The van der Waals surface area contributed by atoms with E-state index in [2.05, 4.69) is 6.58 Å². The Morgan fingerprint density at radius 1 is 1.53 bits per heavy atom. The summed E-state index contributed by atoms with van der Waals surface area (Å²) in [7, 11) is 0.196. The summed E-state index contributed by atoms with van der Waals surface area (Å²) in [6, 6.07) is 0. The molecule has 0 heterocycles. The predicted molar refractivity (Wildman–Crippen MR) is 66.4 cm³/mol. The number of rotatable bonds is 5. The highest BCUT2D eigenvalue weighted by molar-refractivity contribution is 7.85. The van der Waals surface area contributed by atoms with Gasteiger partial charge in [-0.05, 0) is 27.9 Å². The molecule has 0 rings (SSSR count). The van der Waals surface area contributed by atoms with E-state index in [-0.39, 0.29) is 17.8 Å². The second-order valence-corrected chi connectivity index (χ2v) is 5.33. The Morgan fingerprint density at radius 2 is 1.94 bits per heavy atom. The summed E-state index contributed by atoms with van der Waals surface area (Å²) in [5, 5.41) is 0. The van der Waals surface area contributed by atoms with Crippen molar-refractivity contribution in [2.75, 3.05) is 26.4 Å². The second-order valence-electron chi connectivity index (χ2n) is 3.58. The molecule has 0 saturated carbocycles. The zero-order valence-corrected chi connectivity index (χ0v) is 11.5. The van der Waals surface area contributed by atoms with Crippen LogP contribution in [0.1, 0.15) is 13.8 Å². The van der Waals surface area contributed by atoms with Gasteiger partial charge in [-0.15, -0.1) is 0 Å². The Kier molecular flexibility index (Phi) is 9.92. The summed E-state index contributed by atoms with van der Waals surface area (Å²) in [4.78, 5) is 12.6. The van der Waals surface area contributed by atoms with Gasteiger partial charge in [0.2, 0.25) is 0 Å². The standard InChI is InChI=1S/C8H15NO2.C2H6O3S/c1-5-8(10)11-7(2)6-9(3)4;1-2-6(3,4)5/h5,7H,1,6H2,2-4H3;2H2,1H3,(H,3,4,5). The topological polar surface area (TPSA) is 83.9 Å². The number of carbonyl (C=O) groups excluding carboxylic acids is 1. The Bertz CT molecular complexity index is 324. The van der Waals surface area contributed by atoms with Gasteiger partial charge in [0.05, 0.1) is 5.75 Å². The fraction of sp³-hybridized carbons (Fsp3) is 0.700. The van der Waals surface area contributed by atoms with Crippen molar-refractivity contribution in [3.63, 3.8) is 0 Å². The first kappa shape index (κ1) is 18.4. The molecule has 0 aromatic rings. The molecule has 0 fully saturated rings. The van der Waals surface area contributed by atoms with Crippen molar-refractivity contribution in [1.29, 1.82) is 0 Å². The lowest BCUT2D eigenvalue weighted by molar-refractivity contribution is -0.142.